The molecule has 1 aromatic heterocycles. The summed E-state index contributed by atoms with van der Waals surface area (Å²) in [7, 11) is 0. The minimum absolute atomic E-state index is 0.0916. The zero-order chi connectivity index (χ0) is 13.1. The molecule has 5 heteroatoms. The normalized spacial score (nSPS) is 22.8. The smallest absolute Gasteiger partial charge is 0.228 e. The molecule has 1 aromatic rings. The summed E-state index contributed by atoms with van der Waals surface area (Å²) in [6, 6.07) is 4.15. The predicted molar refractivity (Wildman–Crippen MR) is 73.1 cm³/mol. The molecule has 2 N–H and O–H groups in total. The predicted octanol–water partition coefficient (Wildman–Crippen LogP) is 2.02. The number of hydrogen-bond donors (Lipinski definition) is 2. The number of rotatable bonds is 4. The highest BCUT2D eigenvalue weighted by Gasteiger charge is 2.29. The summed E-state index contributed by atoms with van der Waals surface area (Å²) in [5.41, 5.74) is 0.972. The molecule has 0 spiro atoms. The van der Waals surface area contributed by atoms with Crippen LogP contribution >= 0.6 is 0 Å². The summed E-state index contributed by atoms with van der Waals surface area (Å²) in [4.78, 5) is 15.9. The Kier molecular flexibility index (Phi) is 3.64. The van der Waals surface area contributed by atoms with E-state index in [1.165, 1.54) is 0 Å². The van der Waals surface area contributed by atoms with Gasteiger partial charge in [-0.3, -0.25) is 4.79 Å². The number of carbonyl (C=O) groups excluding carboxylic acids is 1. The topological polar surface area (TPSA) is 63.2 Å². The monoisotopic (exact) mass is 261 g/mol. The zero-order valence-electron chi connectivity index (χ0n) is 10.9. The van der Waals surface area contributed by atoms with E-state index in [1.54, 1.807) is 6.20 Å². The number of amides is 1. The van der Waals surface area contributed by atoms with Gasteiger partial charge in [0, 0.05) is 18.6 Å². The van der Waals surface area contributed by atoms with Gasteiger partial charge in [0.2, 0.25) is 5.91 Å². The summed E-state index contributed by atoms with van der Waals surface area (Å²) in [5, 5.41) is 6.23. The number of nitrogens with zero attached hydrogens (tertiary/aromatic N) is 1. The van der Waals surface area contributed by atoms with Crippen molar-refractivity contribution in [2.75, 3.05) is 23.8 Å². The van der Waals surface area contributed by atoms with Crippen LogP contribution in [0.1, 0.15) is 25.7 Å². The third-order valence-electron chi connectivity index (χ3n) is 3.49. The fourth-order valence-electron chi connectivity index (χ4n) is 2.22. The molecule has 1 amide bonds. The molecule has 3 rings (SSSR count). The van der Waals surface area contributed by atoms with Gasteiger partial charge in [0.1, 0.15) is 5.82 Å². The van der Waals surface area contributed by atoms with Gasteiger partial charge in [-0.2, -0.15) is 0 Å². The average molecular weight is 261 g/mol. The highest BCUT2D eigenvalue weighted by molar-refractivity contribution is 5.93. The Hall–Kier alpha value is -1.62. The molecule has 2 heterocycles. The van der Waals surface area contributed by atoms with Crippen molar-refractivity contribution in [3.8, 4) is 0 Å². The van der Waals surface area contributed by atoms with E-state index in [1.807, 2.05) is 12.1 Å². The first kappa shape index (κ1) is 12.4. The van der Waals surface area contributed by atoms with Crippen molar-refractivity contribution in [1.29, 1.82) is 0 Å². The highest BCUT2D eigenvalue weighted by Crippen LogP contribution is 2.30. The van der Waals surface area contributed by atoms with Crippen molar-refractivity contribution in [3.05, 3.63) is 18.3 Å². The Morgan fingerprint density at radius 1 is 1.32 bits per heavy atom. The fraction of sp³-hybridized carbons (Fsp3) is 0.571. The Balaban J connectivity index is 1.54. The van der Waals surface area contributed by atoms with Gasteiger partial charge in [-0.25, -0.2) is 4.98 Å². The van der Waals surface area contributed by atoms with Crippen molar-refractivity contribution >= 4 is 17.4 Å². The SMILES string of the molecule is O=C(Nc1ccc(N[C@H]2CCCOC2)cn1)C1CC1. The Morgan fingerprint density at radius 2 is 2.21 bits per heavy atom. The summed E-state index contributed by atoms with van der Waals surface area (Å²) in [5.74, 6) is 0.926. The molecule has 5 nitrogen and oxygen atoms in total. The van der Waals surface area contributed by atoms with Gasteiger partial charge in [0.15, 0.2) is 0 Å². The van der Waals surface area contributed by atoms with E-state index in [-0.39, 0.29) is 11.8 Å². The van der Waals surface area contributed by atoms with Crippen LogP contribution in [0, 0.1) is 5.92 Å². The first-order valence-corrected chi connectivity index (χ1v) is 6.92. The molecule has 0 unspecified atom stereocenters. The molecule has 19 heavy (non-hydrogen) atoms. The molecule has 1 aliphatic heterocycles. The third kappa shape index (κ3) is 3.44. The van der Waals surface area contributed by atoms with Crippen molar-refractivity contribution in [1.82, 2.24) is 4.98 Å². The first-order valence-electron chi connectivity index (χ1n) is 6.92. The molecule has 1 atom stereocenters. The molecule has 102 valence electrons. The third-order valence-corrected chi connectivity index (χ3v) is 3.49. The van der Waals surface area contributed by atoms with E-state index in [2.05, 4.69) is 15.6 Å². The molecule has 0 aromatic carbocycles. The van der Waals surface area contributed by atoms with Gasteiger partial charge in [0.05, 0.1) is 18.5 Å². The second kappa shape index (κ2) is 5.57. The summed E-state index contributed by atoms with van der Waals surface area (Å²) >= 11 is 0. The maximum atomic E-state index is 11.6. The largest absolute Gasteiger partial charge is 0.379 e. The van der Waals surface area contributed by atoms with Crippen molar-refractivity contribution in [2.24, 2.45) is 5.92 Å². The second-order valence-electron chi connectivity index (χ2n) is 5.25. The minimum Gasteiger partial charge on any atom is -0.379 e. The number of carbonyl (C=O) groups is 1. The van der Waals surface area contributed by atoms with E-state index >= 15 is 0 Å². The maximum absolute atomic E-state index is 11.6. The van der Waals surface area contributed by atoms with Gasteiger partial charge < -0.3 is 15.4 Å². The van der Waals surface area contributed by atoms with Gasteiger partial charge >= 0.3 is 0 Å². The number of hydrogen-bond acceptors (Lipinski definition) is 4. The van der Waals surface area contributed by atoms with Crippen LogP contribution in [0.3, 0.4) is 0 Å². The van der Waals surface area contributed by atoms with Crippen LogP contribution < -0.4 is 10.6 Å². The average Bonchev–Trinajstić information content (AvgIpc) is 3.27. The molecule has 0 radical (unpaired) electrons. The van der Waals surface area contributed by atoms with E-state index in [0.29, 0.717) is 11.9 Å². The summed E-state index contributed by atoms with van der Waals surface area (Å²) < 4.78 is 5.42. The molecular weight excluding hydrogens is 242 g/mol. The van der Waals surface area contributed by atoms with Gasteiger partial charge in [-0.15, -0.1) is 0 Å². The van der Waals surface area contributed by atoms with Crippen LogP contribution in [-0.4, -0.2) is 30.1 Å². The molecule has 0 bridgehead atoms. The molecule has 1 aliphatic carbocycles. The Labute approximate surface area is 112 Å². The van der Waals surface area contributed by atoms with Gasteiger partial charge in [0.25, 0.3) is 0 Å². The Morgan fingerprint density at radius 3 is 2.84 bits per heavy atom. The van der Waals surface area contributed by atoms with Crippen LogP contribution in [0.4, 0.5) is 11.5 Å². The van der Waals surface area contributed by atoms with Crippen LogP contribution in [0.15, 0.2) is 18.3 Å². The zero-order valence-corrected chi connectivity index (χ0v) is 10.9. The maximum Gasteiger partial charge on any atom is 0.228 e. The van der Waals surface area contributed by atoms with Crippen LogP contribution in [0.2, 0.25) is 0 Å². The summed E-state index contributed by atoms with van der Waals surface area (Å²) in [6.07, 6.45) is 6.00. The van der Waals surface area contributed by atoms with Crippen molar-refractivity contribution < 1.29 is 9.53 Å². The standard InChI is InChI=1S/C14H19N3O2/c18-14(10-3-4-10)17-13-6-5-11(8-15-13)16-12-2-1-7-19-9-12/h5-6,8,10,12,16H,1-4,7,9H2,(H,15,17,18)/t12-/m0/s1. The first-order chi connectivity index (χ1) is 9.31. The lowest BCUT2D eigenvalue weighted by molar-refractivity contribution is -0.117. The lowest BCUT2D eigenvalue weighted by Crippen LogP contribution is -2.29. The number of ether oxygens (including phenoxy) is 1. The van der Waals surface area contributed by atoms with Crippen molar-refractivity contribution in [2.45, 2.75) is 31.7 Å². The van der Waals surface area contributed by atoms with E-state index in [4.69, 9.17) is 4.74 Å². The number of pyridine rings is 1. The van der Waals surface area contributed by atoms with E-state index in [9.17, 15) is 4.79 Å². The molecule has 2 fully saturated rings. The van der Waals surface area contributed by atoms with Gasteiger partial charge in [-0.1, -0.05) is 0 Å². The van der Waals surface area contributed by atoms with Crippen molar-refractivity contribution in [3.63, 3.8) is 0 Å². The Bertz CT molecular complexity index is 437. The van der Waals surface area contributed by atoms with E-state index < -0.39 is 0 Å². The van der Waals surface area contributed by atoms with Gasteiger partial charge in [-0.05, 0) is 37.8 Å². The molecule has 1 saturated heterocycles. The minimum atomic E-state index is 0.0916. The lowest BCUT2D eigenvalue weighted by Gasteiger charge is -2.23. The molecule has 1 saturated carbocycles. The van der Waals surface area contributed by atoms with Crippen LogP contribution in [-0.2, 0) is 9.53 Å². The van der Waals surface area contributed by atoms with E-state index in [0.717, 1.165) is 44.6 Å². The quantitative estimate of drug-likeness (QED) is 0.870. The summed E-state index contributed by atoms with van der Waals surface area (Å²) in [6.45, 7) is 1.61. The van der Waals surface area contributed by atoms with Crippen LogP contribution in [0.25, 0.3) is 0 Å². The number of aromatic nitrogens is 1. The molecule has 2 aliphatic rings. The lowest BCUT2D eigenvalue weighted by atomic mass is 10.1. The number of anilines is 2. The second-order valence-corrected chi connectivity index (χ2v) is 5.25. The highest BCUT2D eigenvalue weighted by atomic mass is 16.5. The van der Waals surface area contributed by atoms with Crippen LogP contribution in [0.5, 0.6) is 0 Å². The number of nitrogens with one attached hydrogen (secondary N) is 2. The molecular formula is C14H19N3O2. The fourth-order valence-corrected chi connectivity index (χ4v) is 2.22.